The van der Waals surface area contributed by atoms with Crippen LogP contribution < -0.4 is 10.1 Å². The standard InChI is InChI=1S/C24H20ClF3N6O2S/c1-13-14(6-7-29-21(13)26)9-33-10-17(36-23(27)28)8-19(33)22(35)32-24-31-15(11-37-24)2-5-18-20(25)34(12-30-18)16-3-4-16/h2,5-8,10-12,16,23H,3-4,9H2,1H3,(H,31,32,35)/b5-2+. The lowest BCUT2D eigenvalue weighted by atomic mass is 10.1. The van der Waals surface area contributed by atoms with Gasteiger partial charge in [-0.3, -0.25) is 10.1 Å². The van der Waals surface area contributed by atoms with E-state index in [-0.39, 0.29) is 23.6 Å². The number of hydrogen-bond donors (Lipinski definition) is 1. The van der Waals surface area contributed by atoms with Crippen molar-refractivity contribution in [2.75, 3.05) is 5.32 Å². The molecular weight excluding hydrogens is 529 g/mol. The van der Waals surface area contributed by atoms with E-state index in [0.29, 0.717) is 33.3 Å². The number of anilines is 1. The molecule has 13 heteroatoms. The second-order valence-corrected chi connectivity index (χ2v) is 9.59. The van der Waals surface area contributed by atoms with E-state index in [4.69, 9.17) is 11.6 Å². The molecule has 1 amide bonds. The van der Waals surface area contributed by atoms with Gasteiger partial charge in [0, 0.05) is 42.0 Å². The lowest BCUT2D eigenvalue weighted by Crippen LogP contribution is -2.17. The molecule has 0 unspecified atom stereocenters. The number of carbonyl (C=O) groups is 1. The van der Waals surface area contributed by atoms with Gasteiger partial charge in [0.15, 0.2) is 5.13 Å². The molecule has 4 heterocycles. The van der Waals surface area contributed by atoms with Crippen LogP contribution in [0.25, 0.3) is 12.2 Å². The van der Waals surface area contributed by atoms with Crippen molar-refractivity contribution >= 4 is 46.1 Å². The Labute approximate surface area is 218 Å². The van der Waals surface area contributed by atoms with E-state index >= 15 is 0 Å². The number of pyridine rings is 1. The average Bonchev–Trinajstić information content (AvgIpc) is 3.29. The predicted molar refractivity (Wildman–Crippen MR) is 134 cm³/mol. The van der Waals surface area contributed by atoms with Gasteiger partial charge in [0.25, 0.3) is 5.91 Å². The fraction of sp³-hybridized carbons (Fsp3) is 0.250. The highest BCUT2D eigenvalue weighted by Gasteiger charge is 2.26. The number of aromatic nitrogens is 5. The minimum atomic E-state index is -3.07. The number of thiazole rings is 1. The Morgan fingerprint density at radius 2 is 2.16 bits per heavy atom. The highest BCUT2D eigenvalue weighted by Crippen LogP contribution is 2.38. The summed E-state index contributed by atoms with van der Waals surface area (Å²) in [6.07, 6.45) is 9.94. The Balaban J connectivity index is 1.32. The first-order chi connectivity index (χ1) is 17.8. The Morgan fingerprint density at radius 1 is 1.35 bits per heavy atom. The smallest absolute Gasteiger partial charge is 0.387 e. The van der Waals surface area contributed by atoms with Crippen LogP contribution in [-0.2, 0) is 6.54 Å². The molecular formula is C24H20ClF3N6O2S. The molecule has 1 N–H and O–H groups in total. The first-order valence-electron chi connectivity index (χ1n) is 11.2. The molecule has 0 bridgehead atoms. The lowest BCUT2D eigenvalue weighted by Gasteiger charge is -2.10. The molecule has 8 nitrogen and oxygen atoms in total. The predicted octanol–water partition coefficient (Wildman–Crippen LogP) is 6.04. The van der Waals surface area contributed by atoms with Gasteiger partial charge < -0.3 is 13.9 Å². The number of alkyl halides is 2. The number of carbonyl (C=O) groups excluding carboxylic acids is 1. The maximum atomic E-state index is 13.9. The molecule has 1 fully saturated rings. The van der Waals surface area contributed by atoms with Crippen LogP contribution in [0.3, 0.4) is 0 Å². The highest BCUT2D eigenvalue weighted by atomic mass is 35.5. The fourth-order valence-electron chi connectivity index (χ4n) is 3.70. The van der Waals surface area contributed by atoms with Crippen LogP contribution in [0, 0.1) is 12.9 Å². The Hall–Kier alpha value is -3.64. The summed E-state index contributed by atoms with van der Waals surface area (Å²) in [5, 5.41) is 5.28. The molecule has 4 aromatic rings. The summed E-state index contributed by atoms with van der Waals surface area (Å²) in [6.45, 7) is -1.48. The molecule has 1 aliphatic carbocycles. The molecule has 0 atom stereocenters. The van der Waals surface area contributed by atoms with E-state index in [2.05, 4.69) is 25.0 Å². The van der Waals surface area contributed by atoms with Crippen molar-refractivity contribution in [3.63, 3.8) is 0 Å². The van der Waals surface area contributed by atoms with Crippen LogP contribution in [0.15, 0.2) is 36.2 Å². The second-order valence-electron chi connectivity index (χ2n) is 8.38. The molecule has 0 spiro atoms. The van der Waals surface area contributed by atoms with Crippen molar-refractivity contribution in [1.82, 2.24) is 24.1 Å². The van der Waals surface area contributed by atoms with Gasteiger partial charge >= 0.3 is 6.61 Å². The van der Waals surface area contributed by atoms with E-state index in [1.807, 2.05) is 4.57 Å². The molecule has 5 rings (SSSR count). The maximum Gasteiger partial charge on any atom is 0.387 e. The minimum Gasteiger partial charge on any atom is -0.433 e. The number of rotatable bonds is 9. The zero-order valence-electron chi connectivity index (χ0n) is 19.4. The largest absolute Gasteiger partial charge is 0.433 e. The summed E-state index contributed by atoms with van der Waals surface area (Å²) in [5.41, 5.74) is 2.07. The Kier molecular flexibility index (Phi) is 7.02. The van der Waals surface area contributed by atoms with Crippen LogP contribution in [0.5, 0.6) is 5.75 Å². The molecule has 0 aromatic carbocycles. The van der Waals surface area contributed by atoms with Crippen molar-refractivity contribution < 1.29 is 22.7 Å². The lowest BCUT2D eigenvalue weighted by molar-refractivity contribution is -0.0498. The van der Waals surface area contributed by atoms with Gasteiger partial charge in [0.05, 0.1) is 12.0 Å². The zero-order valence-corrected chi connectivity index (χ0v) is 20.9. The number of ether oxygens (including phenoxy) is 1. The average molecular weight is 549 g/mol. The molecule has 0 radical (unpaired) electrons. The van der Waals surface area contributed by atoms with Crippen molar-refractivity contribution in [3.05, 3.63) is 75.5 Å². The molecule has 0 aliphatic heterocycles. The quantitative estimate of drug-likeness (QED) is 0.258. The Bertz CT molecular complexity index is 1480. The monoisotopic (exact) mass is 548 g/mol. The van der Waals surface area contributed by atoms with E-state index in [9.17, 15) is 18.0 Å². The normalized spacial score (nSPS) is 13.6. The fourth-order valence-corrected chi connectivity index (χ4v) is 4.67. The summed E-state index contributed by atoms with van der Waals surface area (Å²) in [7, 11) is 0. The van der Waals surface area contributed by atoms with E-state index in [1.165, 1.54) is 34.4 Å². The van der Waals surface area contributed by atoms with Crippen molar-refractivity contribution in [1.29, 1.82) is 0 Å². The molecule has 192 valence electrons. The summed E-state index contributed by atoms with van der Waals surface area (Å²) < 4.78 is 47.3. The number of amides is 1. The van der Waals surface area contributed by atoms with Crippen LogP contribution in [0.4, 0.5) is 18.3 Å². The second kappa shape index (κ2) is 10.4. The third-order valence-electron chi connectivity index (χ3n) is 5.78. The van der Waals surface area contributed by atoms with Crippen molar-refractivity contribution in [2.24, 2.45) is 0 Å². The number of nitrogens with zero attached hydrogens (tertiary/aromatic N) is 5. The molecule has 1 aliphatic rings. The van der Waals surface area contributed by atoms with Crippen molar-refractivity contribution in [2.45, 2.75) is 39.0 Å². The third kappa shape index (κ3) is 5.70. The van der Waals surface area contributed by atoms with Gasteiger partial charge in [0.2, 0.25) is 5.95 Å². The van der Waals surface area contributed by atoms with E-state index in [0.717, 1.165) is 12.8 Å². The van der Waals surface area contributed by atoms with Crippen LogP contribution in [0.2, 0.25) is 5.15 Å². The zero-order chi connectivity index (χ0) is 26.1. The number of hydrogen-bond acceptors (Lipinski definition) is 6. The SMILES string of the molecule is Cc1c(Cn2cc(OC(F)F)cc2C(=O)Nc2nc(/C=C/c3ncn(C4CC4)c3Cl)cs2)ccnc1F. The van der Waals surface area contributed by atoms with Crippen LogP contribution in [0.1, 0.15) is 51.9 Å². The van der Waals surface area contributed by atoms with Crippen LogP contribution >= 0.6 is 22.9 Å². The maximum absolute atomic E-state index is 13.9. The number of nitrogens with one attached hydrogen (secondary N) is 1. The van der Waals surface area contributed by atoms with Gasteiger partial charge in [-0.1, -0.05) is 11.6 Å². The first-order valence-corrected chi connectivity index (χ1v) is 12.5. The van der Waals surface area contributed by atoms with Gasteiger partial charge in [-0.25, -0.2) is 15.0 Å². The third-order valence-corrected chi connectivity index (χ3v) is 6.94. The summed E-state index contributed by atoms with van der Waals surface area (Å²) >= 11 is 7.58. The molecule has 1 saturated carbocycles. The molecule has 4 aromatic heterocycles. The van der Waals surface area contributed by atoms with Crippen molar-refractivity contribution in [3.8, 4) is 5.75 Å². The van der Waals surface area contributed by atoms with Gasteiger partial charge in [-0.2, -0.15) is 13.2 Å². The first kappa shape index (κ1) is 25.0. The molecule has 0 saturated heterocycles. The summed E-state index contributed by atoms with van der Waals surface area (Å²) in [4.78, 5) is 25.3. The van der Waals surface area contributed by atoms with Gasteiger partial charge in [0.1, 0.15) is 22.3 Å². The van der Waals surface area contributed by atoms with E-state index in [1.54, 1.807) is 36.8 Å². The van der Waals surface area contributed by atoms with Crippen LogP contribution in [-0.4, -0.2) is 36.6 Å². The number of imidazole rings is 1. The van der Waals surface area contributed by atoms with Gasteiger partial charge in [-0.15, -0.1) is 11.3 Å². The van der Waals surface area contributed by atoms with E-state index < -0.39 is 18.5 Å². The topological polar surface area (TPSA) is 86.9 Å². The molecule has 37 heavy (non-hydrogen) atoms. The highest BCUT2D eigenvalue weighted by molar-refractivity contribution is 7.14. The Morgan fingerprint density at radius 3 is 2.92 bits per heavy atom. The summed E-state index contributed by atoms with van der Waals surface area (Å²) in [5.74, 6) is -1.44. The number of halogens is 4. The summed E-state index contributed by atoms with van der Waals surface area (Å²) in [6, 6.07) is 3.20. The van der Waals surface area contributed by atoms with Gasteiger partial charge in [-0.05, 0) is 43.5 Å². The minimum absolute atomic E-state index is 0.0389.